The summed E-state index contributed by atoms with van der Waals surface area (Å²) in [6.45, 7) is 0.713. The van der Waals surface area contributed by atoms with Gasteiger partial charge in [-0.2, -0.15) is 0 Å². The van der Waals surface area contributed by atoms with Gasteiger partial charge < -0.3 is 10.7 Å². The van der Waals surface area contributed by atoms with E-state index in [4.69, 9.17) is 5.73 Å². The van der Waals surface area contributed by atoms with Crippen LogP contribution in [0.4, 0.5) is 0 Å². The third-order valence-electron chi connectivity index (χ3n) is 1.78. The van der Waals surface area contributed by atoms with Crippen LogP contribution < -0.4 is 5.73 Å². The summed E-state index contributed by atoms with van der Waals surface area (Å²) in [7, 11) is 0. The molecule has 0 unspecified atom stereocenters. The molecule has 2 rings (SSSR count). The zero-order chi connectivity index (χ0) is 9.80. The van der Waals surface area contributed by atoms with Gasteiger partial charge in [0.25, 0.3) is 0 Å². The van der Waals surface area contributed by atoms with Gasteiger partial charge in [-0.1, -0.05) is 0 Å². The van der Waals surface area contributed by atoms with Gasteiger partial charge in [-0.25, -0.2) is 15.0 Å². The largest absolute Gasteiger partial charge is 0.341 e. The minimum Gasteiger partial charge on any atom is -0.341 e. The van der Waals surface area contributed by atoms with E-state index in [1.807, 2.05) is 0 Å². The standard InChI is InChI=1S/C8H11N5S/c9-2-1-3-14-8-6-7(11-4-10-6)12-5-13-8/h4-5H,1-3,9H2,(H,10,11,12,13). The van der Waals surface area contributed by atoms with Gasteiger partial charge in [-0.3, -0.25) is 0 Å². The number of nitrogens with two attached hydrogens (primary N) is 1. The summed E-state index contributed by atoms with van der Waals surface area (Å²) in [5, 5.41) is 0.945. The quantitative estimate of drug-likeness (QED) is 0.442. The Bertz CT molecular complexity index is 413. The Morgan fingerprint density at radius 3 is 3.14 bits per heavy atom. The molecule has 3 N–H and O–H groups in total. The highest BCUT2D eigenvalue weighted by molar-refractivity contribution is 7.99. The number of aromatic amines is 1. The van der Waals surface area contributed by atoms with Crippen LogP contribution in [0.25, 0.3) is 11.2 Å². The number of aromatic nitrogens is 4. The van der Waals surface area contributed by atoms with Crippen LogP contribution in [-0.4, -0.2) is 32.2 Å². The highest BCUT2D eigenvalue weighted by Gasteiger charge is 2.04. The van der Waals surface area contributed by atoms with Crippen molar-refractivity contribution in [2.75, 3.05) is 12.3 Å². The fourth-order valence-corrected chi connectivity index (χ4v) is 2.03. The van der Waals surface area contributed by atoms with Crippen molar-refractivity contribution in [1.82, 2.24) is 19.9 Å². The van der Waals surface area contributed by atoms with E-state index in [1.165, 1.54) is 6.33 Å². The molecule has 2 heterocycles. The molecule has 0 saturated heterocycles. The van der Waals surface area contributed by atoms with Crippen LogP contribution in [-0.2, 0) is 0 Å². The van der Waals surface area contributed by atoms with E-state index in [-0.39, 0.29) is 0 Å². The molecule has 0 aliphatic heterocycles. The second-order valence-electron chi connectivity index (χ2n) is 2.77. The number of nitrogens with one attached hydrogen (secondary N) is 1. The first-order chi connectivity index (χ1) is 6.92. The molecule has 0 atom stereocenters. The second-order valence-corrected chi connectivity index (χ2v) is 3.85. The molecular formula is C8H11N5S. The van der Waals surface area contributed by atoms with Crippen LogP contribution in [0, 0.1) is 0 Å². The maximum atomic E-state index is 5.42. The van der Waals surface area contributed by atoms with E-state index in [0.717, 1.165) is 28.4 Å². The van der Waals surface area contributed by atoms with Crippen LogP contribution in [0.1, 0.15) is 6.42 Å². The fourth-order valence-electron chi connectivity index (χ4n) is 1.10. The molecule has 0 bridgehead atoms. The van der Waals surface area contributed by atoms with Crippen molar-refractivity contribution in [3.05, 3.63) is 12.7 Å². The Balaban J connectivity index is 2.19. The smallest absolute Gasteiger partial charge is 0.181 e. The van der Waals surface area contributed by atoms with E-state index in [1.54, 1.807) is 18.1 Å². The SMILES string of the molecule is NCCCSc1ncnc2nc[nH]c12. The highest BCUT2D eigenvalue weighted by atomic mass is 32.2. The Kier molecular flexibility index (Phi) is 2.95. The van der Waals surface area contributed by atoms with Gasteiger partial charge in [0.05, 0.1) is 6.33 Å². The van der Waals surface area contributed by atoms with Crippen molar-refractivity contribution in [3.63, 3.8) is 0 Å². The molecule has 2 aromatic rings. The topological polar surface area (TPSA) is 80.5 Å². The van der Waals surface area contributed by atoms with E-state index in [2.05, 4.69) is 19.9 Å². The number of hydrogen-bond donors (Lipinski definition) is 2. The maximum Gasteiger partial charge on any atom is 0.181 e. The van der Waals surface area contributed by atoms with Gasteiger partial charge in [-0.15, -0.1) is 11.8 Å². The van der Waals surface area contributed by atoms with Gasteiger partial charge in [-0.05, 0) is 13.0 Å². The first kappa shape index (κ1) is 9.42. The summed E-state index contributed by atoms with van der Waals surface area (Å²) in [6.07, 6.45) is 4.16. The minimum absolute atomic E-state index is 0.713. The van der Waals surface area contributed by atoms with Gasteiger partial charge in [0.2, 0.25) is 0 Å². The Hall–Kier alpha value is -1.14. The molecule has 0 radical (unpaired) electrons. The van der Waals surface area contributed by atoms with Gasteiger partial charge in [0.15, 0.2) is 5.65 Å². The van der Waals surface area contributed by atoms with Crippen LogP contribution in [0.15, 0.2) is 17.7 Å². The first-order valence-corrected chi connectivity index (χ1v) is 5.37. The Morgan fingerprint density at radius 1 is 1.36 bits per heavy atom. The summed E-state index contributed by atoms with van der Waals surface area (Å²) in [5.74, 6) is 0.974. The molecular weight excluding hydrogens is 198 g/mol. The lowest BCUT2D eigenvalue weighted by Gasteiger charge is -1.99. The summed E-state index contributed by atoms with van der Waals surface area (Å²) in [5.41, 5.74) is 7.05. The van der Waals surface area contributed by atoms with E-state index in [0.29, 0.717) is 6.54 Å². The zero-order valence-electron chi connectivity index (χ0n) is 7.60. The molecule has 0 amide bonds. The zero-order valence-corrected chi connectivity index (χ0v) is 8.42. The minimum atomic E-state index is 0.713. The molecule has 0 saturated carbocycles. The Morgan fingerprint density at radius 2 is 2.29 bits per heavy atom. The molecule has 6 heteroatoms. The molecule has 14 heavy (non-hydrogen) atoms. The number of imidazole rings is 1. The van der Waals surface area contributed by atoms with Crippen LogP contribution in [0.2, 0.25) is 0 Å². The number of hydrogen-bond acceptors (Lipinski definition) is 5. The Labute approximate surface area is 85.5 Å². The summed E-state index contributed by atoms with van der Waals surface area (Å²) in [6, 6.07) is 0. The molecule has 2 aromatic heterocycles. The van der Waals surface area contributed by atoms with E-state index in [9.17, 15) is 0 Å². The van der Waals surface area contributed by atoms with E-state index >= 15 is 0 Å². The van der Waals surface area contributed by atoms with Crippen molar-refractivity contribution >= 4 is 22.9 Å². The van der Waals surface area contributed by atoms with Crippen molar-refractivity contribution in [3.8, 4) is 0 Å². The average Bonchev–Trinajstić information content (AvgIpc) is 2.67. The first-order valence-electron chi connectivity index (χ1n) is 4.39. The van der Waals surface area contributed by atoms with Crippen molar-refractivity contribution in [2.24, 2.45) is 5.73 Å². The lowest BCUT2D eigenvalue weighted by molar-refractivity contribution is 0.940. The monoisotopic (exact) mass is 209 g/mol. The molecule has 0 aliphatic carbocycles. The predicted molar refractivity (Wildman–Crippen MR) is 56.1 cm³/mol. The predicted octanol–water partition coefficient (Wildman–Crippen LogP) is 0.794. The molecule has 0 fully saturated rings. The van der Waals surface area contributed by atoms with Crippen molar-refractivity contribution in [2.45, 2.75) is 11.4 Å². The summed E-state index contributed by atoms with van der Waals surface area (Å²) < 4.78 is 0. The molecule has 0 aromatic carbocycles. The number of thioether (sulfide) groups is 1. The van der Waals surface area contributed by atoms with Gasteiger partial charge in [0.1, 0.15) is 16.9 Å². The molecule has 0 spiro atoms. The second kappa shape index (κ2) is 4.39. The van der Waals surface area contributed by atoms with Crippen LogP contribution >= 0.6 is 11.8 Å². The lowest BCUT2D eigenvalue weighted by Crippen LogP contribution is -1.99. The fraction of sp³-hybridized carbons (Fsp3) is 0.375. The lowest BCUT2D eigenvalue weighted by atomic mass is 10.5. The van der Waals surface area contributed by atoms with Crippen molar-refractivity contribution < 1.29 is 0 Å². The van der Waals surface area contributed by atoms with Crippen LogP contribution in [0.5, 0.6) is 0 Å². The normalized spacial score (nSPS) is 10.9. The maximum absolute atomic E-state index is 5.42. The van der Waals surface area contributed by atoms with Gasteiger partial charge >= 0.3 is 0 Å². The summed E-state index contributed by atoms with van der Waals surface area (Å²) >= 11 is 1.68. The number of H-pyrrole nitrogens is 1. The molecule has 5 nitrogen and oxygen atoms in total. The highest BCUT2D eigenvalue weighted by Crippen LogP contribution is 2.21. The van der Waals surface area contributed by atoms with Crippen LogP contribution in [0.3, 0.4) is 0 Å². The van der Waals surface area contributed by atoms with Crippen molar-refractivity contribution in [1.29, 1.82) is 0 Å². The third kappa shape index (κ3) is 1.85. The average molecular weight is 209 g/mol. The molecule has 74 valence electrons. The van der Waals surface area contributed by atoms with Gasteiger partial charge in [0, 0.05) is 5.75 Å². The number of nitrogens with zero attached hydrogens (tertiary/aromatic N) is 3. The van der Waals surface area contributed by atoms with E-state index < -0.39 is 0 Å². The third-order valence-corrected chi connectivity index (χ3v) is 2.85. The molecule has 0 aliphatic rings. The number of fused-ring (bicyclic) bond motifs is 1. The number of rotatable bonds is 4. The summed E-state index contributed by atoms with van der Waals surface area (Å²) in [4.78, 5) is 15.3.